The molecule has 0 heterocycles. The summed E-state index contributed by atoms with van der Waals surface area (Å²) in [6.45, 7) is 0. The van der Waals surface area contributed by atoms with Crippen LogP contribution in [0.25, 0.3) is 10.8 Å². The Balaban J connectivity index is 2.33. The summed E-state index contributed by atoms with van der Waals surface area (Å²) in [6.07, 6.45) is 5.12. The van der Waals surface area contributed by atoms with Gasteiger partial charge in [0.1, 0.15) is 17.2 Å². The van der Waals surface area contributed by atoms with Crippen molar-refractivity contribution < 1.29 is 14.2 Å². The van der Waals surface area contributed by atoms with Crippen LogP contribution < -0.4 is 14.2 Å². The second kappa shape index (κ2) is 5.84. The highest BCUT2D eigenvalue weighted by Crippen LogP contribution is 2.46. The van der Waals surface area contributed by atoms with Crippen LogP contribution in [0.4, 0.5) is 0 Å². The molecule has 1 aliphatic rings. The second-order valence-electron chi connectivity index (χ2n) is 5.56. The molecule has 0 aromatic heterocycles. The molecule has 0 aliphatic heterocycles. The first-order valence-electron chi connectivity index (χ1n) is 7.51. The zero-order chi connectivity index (χ0) is 14.8. The zero-order valence-electron chi connectivity index (χ0n) is 12.9. The van der Waals surface area contributed by atoms with Crippen LogP contribution >= 0.6 is 0 Å². The first kappa shape index (κ1) is 14.1. The molecule has 0 N–H and O–H groups in total. The fourth-order valence-electron chi connectivity index (χ4n) is 3.52. The first-order valence-corrected chi connectivity index (χ1v) is 7.51. The number of fused-ring (bicyclic) bond motifs is 1. The summed E-state index contributed by atoms with van der Waals surface area (Å²) >= 11 is 0. The van der Waals surface area contributed by atoms with Crippen LogP contribution in [0.3, 0.4) is 0 Å². The van der Waals surface area contributed by atoms with Gasteiger partial charge in [-0.3, -0.25) is 0 Å². The third-order valence-corrected chi connectivity index (χ3v) is 4.53. The Morgan fingerprint density at radius 2 is 1.19 bits per heavy atom. The maximum Gasteiger partial charge on any atom is 0.130 e. The Hall–Kier alpha value is -1.90. The quantitative estimate of drug-likeness (QED) is 0.827. The van der Waals surface area contributed by atoms with E-state index in [4.69, 9.17) is 14.2 Å². The number of methoxy groups -OCH3 is 3. The predicted molar refractivity (Wildman–Crippen MR) is 84.8 cm³/mol. The van der Waals surface area contributed by atoms with Gasteiger partial charge in [0.2, 0.25) is 0 Å². The van der Waals surface area contributed by atoms with Gasteiger partial charge < -0.3 is 14.2 Å². The lowest BCUT2D eigenvalue weighted by molar-refractivity contribution is 0.400. The molecule has 3 rings (SSSR count). The van der Waals surface area contributed by atoms with E-state index in [1.165, 1.54) is 31.2 Å². The van der Waals surface area contributed by atoms with Gasteiger partial charge >= 0.3 is 0 Å². The minimum Gasteiger partial charge on any atom is -0.496 e. The standard InChI is InChI=1S/C18H22O3/c1-19-14-10-11-16(21-3)18-15(20-2)9-8-13(17(14)18)12-6-4-5-7-12/h8-12H,4-7H2,1-3H3. The van der Waals surface area contributed by atoms with E-state index in [0.29, 0.717) is 5.92 Å². The van der Waals surface area contributed by atoms with E-state index < -0.39 is 0 Å². The highest BCUT2D eigenvalue weighted by molar-refractivity contribution is 6.00. The summed E-state index contributed by atoms with van der Waals surface area (Å²) in [5.41, 5.74) is 1.36. The van der Waals surface area contributed by atoms with Crippen molar-refractivity contribution in [1.29, 1.82) is 0 Å². The average Bonchev–Trinajstić information content (AvgIpc) is 3.06. The molecule has 0 unspecified atom stereocenters. The Labute approximate surface area is 125 Å². The Morgan fingerprint density at radius 3 is 1.71 bits per heavy atom. The van der Waals surface area contributed by atoms with Crippen LogP contribution in [0.5, 0.6) is 17.2 Å². The molecule has 2 aromatic carbocycles. The molecule has 3 nitrogen and oxygen atoms in total. The van der Waals surface area contributed by atoms with Crippen molar-refractivity contribution in [3.05, 3.63) is 29.8 Å². The largest absolute Gasteiger partial charge is 0.496 e. The van der Waals surface area contributed by atoms with Gasteiger partial charge in [-0.25, -0.2) is 0 Å². The molecular formula is C18H22O3. The fourth-order valence-corrected chi connectivity index (χ4v) is 3.52. The lowest BCUT2D eigenvalue weighted by atomic mass is 9.91. The zero-order valence-corrected chi connectivity index (χ0v) is 12.9. The Kier molecular flexibility index (Phi) is 3.91. The fraction of sp³-hybridized carbons (Fsp3) is 0.444. The minimum atomic E-state index is 0.611. The molecule has 0 bridgehead atoms. The predicted octanol–water partition coefficient (Wildman–Crippen LogP) is 4.52. The molecule has 0 saturated heterocycles. The van der Waals surface area contributed by atoms with Crippen LogP contribution in [-0.2, 0) is 0 Å². The van der Waals surface area contributed by atoms with Crippen LogP contribution in [0.15, 0.2) is 24.3 Å². The summed E-state index contributed by atoms with van der Waals surface area (Å²) in [6, 6.07) is 8.18. The molecule has 0 radical (unpaired) electrons. The lowest BCUT2D eigenvalue weighted by Gasteiger charge is -2.19. The molecular weight excluding hydrogens is 264 g/mol. The van der Waals surface area contributed by atoms with E-state index in [1.807, 2.05) is 12.1 Å². The molecule has 0 atom stereocenters. The van der Waals surface area contributed by atoms with Crippen molar-refractivity contribution in [2.75, 3.05) is 21.3 Å². The van der Waals surface area contributed by atoms with E-state index in [2.05, 4.69) is 12.1 Å². The molecule has 0 spiro atoms. The van der Waals surface area contributed by atoms with E-state index in [-0.39, 0.29) is 0 Å². The third-order valence-electron chi connectivity index (χ3n) is 4.53. The van der Waals surface area contributed by atoms with Crippen molar-refractivity contribution >= 4 is 10.8 Å². The summed E-state index contributed by atoms with van der Waals surface area (Å²) in [4.78, 5) is 0. The molecule has 2 aromatic rings. The minimum absolute atomic E-state index is 0.611. The maximum atomic E-state index is 5.62. The van der Waals surface area contributed by atoms with Gasteiger partial charge in [-0.2, -0.15) is 0 Å². The number of rotatable bonds is 4. The van der Waals surface area contributed by atoms with E-state index >= 15 is 0 Å². The van der Waals surface area contributed by atoms with E-state index in [9.17, 15) is 0 Å². The van der Waals surface area contributed by atoms with Crippen molar-refractivity contribution in [3.63, 3.8) is 0 Å². The third kappa shape index (κ3) is 2.31. The van der Waals surface area contributed by atoms with Crippen molar-refractivity contribution in [2.24, 2.45) is 0 Å². The normalized spacial score (nSPS) is 15.4. The van der Waals surface area contributed by atoms with Gasteiger partial charge in [-0.1, -0.05) is 18.9 Å². The summed E-state index contributed by atoms with van der Waals surface area (Å²) < 4.78 is 16.7. The van der Waals surface area contributed by atoms with Gasteiger partial charge in [0.15, 0.2) is 0 Å². The highest BCUT2D eigenvalue weighted by atomic mass is 16.5. The van der Waals surface area contributed by atoms with Crippen molar-refractivity contribution in [1.82, 2.24) is 0 Å². The molecule has 0 amide bonds. The number of hydrogen-bond acceptors (Lipinski definition) is 3. The molecule has 1 fully saturated rings. The maximum absolute atomic E-state index is 5.62. The first-order chi connectivity index (χ1) is 10.3. The number of hydrogen-bond donors (Lipinski definition) is 0. The van der Waals surface area contributed by atoms with Gasteiger partial charge in [0.25, 0.3) is 0 Å². The van der Waals surface area contributed by atoms with Gasteiger partial charge in [0, 0.05) is 5.39 Å². The highest BCUT2D eigenvalue weighted by Gasteiger charge is 2.23. The summed E-state index contributed by atoms with van der Waals surface area (Å²) in [5, 5.41) is 2.16. The van der Waals surface area contributed by atoms with Crippen LogP contribution in [-0.4, -0.2) is 21.3 Å². The van der Waals surface area contributed by atoms with Gasteiger partial charge in [-0.15, -0.1) is 0 Å². The molecule has 1 aliphatic carbocycles. The lowest BCUT2D eigenvalue weighted by Crippen LogP contribution is -1.99. The Bertz CT molecular complexity index is 632. The van der Waals surface area contributed by atoms with E-state index in [1.54, 1.807) is 21.3 Å². The SMILES string of the molecule is COc1ccc(OC)c2c(C3CCCC3)ccc(OC)c12. The smallest absolute Gasteiger partial charge is 0.130 e. The van der Waals surface area contributed by atoms with Crippen LogP contribution in [0, 0.1) is 0 Å². The van der Waals surface area contributed by atoms with Crippen LogP contribution in [0.1, 0.15) is 37.2 Å². The van der Waals surface area contributed by atoms with E-state index in [0.717, 1.165) is 28.0 Å². The molecule has 1 saturated carbocycles. The summed E-state index contributed by atoms with van der Waals surface area (Å²) in [7, 11) is 5.12. The van der Waals surface area contributed by atoms with Crippen molar-refractivity contribution in [2.45, 2.75) is 31.6 Å². The molecule has 21 heavy (non-hydrogen) atoms. The topological polar surface area (TPSA) is 27.7 Å². The van der Waals surface area contributed by atoms with Crippen molar-refractivity contribution in [3.8, 4) is 17.2 Å². The number of ether oxygens (including phenoxy) is 3. The van der Waals surface area contributed by atoms with Gasteiger partial charge in [0.05, 0.1) is 26.7 Å². The van der Waals surface area contributed by atoms with Crippen LogP contribution in [0.2, 0.25) is 0 Å². The molecule has 112 valence electrons. The number of benzene rings is 2. The Morgan fingerprint density at radius 1 is 0.714 bits per heavy atom. The monoisotopic (exact) mass is 286 g/mol. The summed E-state index contributed by atoms with van der Waals surface area (Å²) in [5.74, 6) is 3.18. The average molecular weight is 286 g/mol. The van der Waals surface area contributed by atoms with Gasteiger partial charge in [-0.05, 0) is 42.5 Å². The second-order valence-corrected chi connectivity index (χ2v) is 5.56. The molecule has 3 heteroatoms.